The zero-order chi connectivity index (χ0) is 19.3. The number of halogens is 1. The molecule has 1 aromatic carbocycles. The molecule has 1 saturated carbocycles. The number of nitrogens with two attached hydrogens (primary N) is 1. The summed E-state index contributed by atoms with van der Waals surface area (Å²) < 4.78 is 0. The van der Waals surface area contributed by atoms with Crippen LogP contribution in [0.2, 0.25) is 5.02 Å². The number of hydrogen-bond acceptors (Lipinski definition) is 4. The monoisotopic (exact) mass is 396 g/mol. The molecule has 1 aromatic heterocycles. The van der Waals surface area contributed by atoms with Crippen LogP contribution in [0, 0.1) is 0 Å². The molecule has 5 rings (SSSR count). The van der Waals surface area contributed by atoms with Crippen LogP contribution in [0.3, 0.4) is 0 Å². The maximum absolute atomic E-state index is 13.1. The number of nitrogen functional groups attached to an aromatic ring is 1. The van der Waals surface area contributed by atoms with Gasteiger partial charge in [0.2, 0.25) is 5.91 Å². The summed E-state index contributed by atoms with van der Waals surface area (Å²) >= 11 is 6.01. The first-order valence-electron chi connectivity index (χ1n) is 10.1. The van der Waals surface area contributed by atoms with Crippen LogP contribution in [0.4, 0.5) is 11.5 Å². The van der Waals surface area contributed by atoms with Crippen LogP contribution in [0.25, 0.3) is 0 Å². The molecular weight excluding hydrogens is 372 g/mol. The SMILES string of the molecule is Nc1ccc(N2[C@@H]3CC[C@H]2CC(NC(=O)C2(c4ccc(Cl)cc4)CC2)C3)nc1. The van der Waals surface area contributed by atoms with Gasteiger partial charge in [-0.3, -0.25) is 4.79 Å². The predicted molar refractivity (Wildman–Crippen MR) is 111 cm³/mol. The van der Waals surface area contributed by atoms with Gasteiger partial charge in [0.1, 0.15) is 5.82 Å². The molecule has 1 unspecified atom stereocenters. The second-order valence-electron chi connectivity index (χ2n) is 8.47. The summed E-state index contributed by atoms with van der Waals surface area (Å²) in [7, 11) is 0. The Bertz CT molecular complexity index is 864. The number of pyridine rings is 1. The topological polar surface area (TPSA) is 71.2 Å². The predicted octanol–water partition coefficient (Wildman–Crippen LogP) is 3.67. The molecule has 3 atom stereocenters. The van der Waals surface area contributed by atoms with Crippen LogP contribution in [0.15, 0.2) is 42.6 Å². The summed E-state index contributed by atoms with van der Waals surface area (Å²) in [6.45, 7) is 0. The molecule has 146 valence electrons. The molecule has 2 aromatic rings. The third-order valence-electron chi connectivity index (χ3n) is 6.69. The Morgan fingerprint density at radius 3 is 2.36 bits per heavy atom. The summed E-state index contributed by atoms with van der Waals surface area (Å²) in [5.41, 5.74) is 7.21. The van der Waals surface area contributed by atoms with Crippen LogP contribution in [0.1, 0.15) is 44.1 Å². The van der Waals surface area contributed by atoms with Crippen LogP contribution in [-0.2, 0) is 10.2 Å². The third kappa shape index (κ3) is 3.02. The lowest BCUT2D eigenvalue weighted by molar-refractivity contribution is -0.124. The number of nitrogens with one attached hydrogen (secondary N) is 1. The molecule has 3 N–H and O–H groups in total. The molecule has 2 saturated heterocycles. The maximum atomic E-state index is 13.1. The first-order chi connectivity index (χ1) is 13.5. The lowest BCUT2D eigenvalue weighted by Gasteiger charge is -2.40. The minimum Gasteiger partial charge on any atom is -0.397 e. The summed E-state index contributed by atoms with van der Waals surface area (Å²) in [5.74, 6) is 1.18. The van der Waals surface area contributed by atoms with Crippen LogP contribution < -0.4 is 16.0 Å². The normalized spacial score (nSPS) is 27.5. The summed E-state index contributed by atoms with van der Waals surface area (Å²) in [6, 6.07) is 12.8. The molecule has 3 heterocycles. The Morgan fingerprint density at radius 1 is 1.11 bits per heavy atom. The fourth-order valence-electron chi connectivity index (χ4n) is 5.08. The van der Waals surface area contributed by atoms with E-state index in [1.807, 2.05) is 36.4 Å². The zero-order valence-electron chi connectivity index (χ0n) is 15.8. The summed E-state index contributed by atoms with van der Waals surface area (Å²) in [4.78, 5) is 20.1. The molecule has 2 aliphatic heterocycles. The van der Waals surface area contributed by atoms with Crippen molar-refractivity contribution in [3.8, 4) is 0 Å². The van der Waals surface area contributed by atoms with Gasteiger partial charge < -0.3 is 16.0 Å². The standard InChI is InChI=1S/C22H25ClN4O/c23-15-3-1-14(2-4-15)22(9-10-22)21(28)26-17-11-18-6-7-19(12-17)27(18)20-8-5-16(24)13-25-20/h1-5,8,13,17-19H,6-7,9-12,24H2,(H,26,28)/t17?,18-,19+. The van der Waals surface area contributed by atoms with Gasteiger partial charge in [0.05, 0.1) is 17.3 Å². The quantitative estimate of drug-likeness (QED) is 0.827. The lowest BCUT2D eigenvalue weighted by atomic mass is 9.92. The Hall–Kier alpha value is -2.27. The lowest BCUT2D eigenvalue weighted by Crippen LogP contribution is -2.52. The molecule has 28 heavy (non-hydrogen) atoms. The molecule has 0 spiro atoms. The molecule has 0 radical (unpaired) electrons. The molecule has 5 nitrogen and oxygen atoms in total. The molecule has 3 fully saturated rings. The van der Waals surface area contributed by atoms with Gasteiger partial charge >= 0.3 is 0 Å². The van der Waals surface area contributed by atoms with E-state index < -0.39 is 0 Å². The molecular formula is C22H25ClN4O. The average Bonchev–Trinajstić information content (AvgIpc) is 3.45. The van der Waals surface area contributed by atoms with Crippen molar-refractivity contribution >= 4 is 29.0 Å². The van der Waals surface area contributed by atoms with E-state index in [0.29, 0.717) is 22.8 Å². The minimum atomic E-state index is -0.348. The first-order valence-corrected chi connectivity index (χ1v) is 10.5. The van der Waals surface area contributed by atoms with Crippen LogP contribution in [-0.4, -0.2) is 29.0 Å². The average molecular weight is 397 g/mol. The summed E-state index contributed by atoms with van der Waals surface area (Å²) in [6.07, 6.45) is 7.83. The fraction of sp³-hybridized carbons (Fsp3) is 0.455. The number of fused-ring (bicyclic) bond motifs is 2. The number of hydrogen-bond donors (Lipinski definition) is 2. The number of anilines is 2. The van der Waals surface area contributed by atoms with E-state index in [1.165, 1.54) is 0 Å². The second-order valence-corrected chi connectivity index (χ2v) is 8.91. The van der Waals surface area contributed by atoms with Gasteiger partial charge in [-0.2, -0.15) is 0 Å². The van der Waals surface area contributed by atoms with Crippen molar-refractivity contribution in [2.45, 2.75) is 62.1 Å². The molecule has 1 aliphatic carbocycles. The van der Waals surface area contributed by atoms with Crippen molar-refractivity contribution in [3.63, 3.8) is 0 Å². The molecule has 2 bridgehead atoms. The van der Waals surface area contributed by atoms with Crippen molar-refractivity contribution in [3.05, 3.63) is 53.2 Å². The third-order valence-corrected chi connectivity index (χ3v) is 6.94. The van der Waals surface area contributed by atoms with E-state index >= 15 is 0 Å². The van der Waals surface area contributed by atoms with Gasteiger partial charge in [-0.05, 0) is 68.4 Å². The summed E-state index contributed by atoms with van der Waals surface area (Å²) in [5, 5.41) is 4.09. The number of benzene rings is 1. The van der Waals surface area contributed by atoms with Crippen molar-refractivity contribution in [2.24, 2.45) is 0 Å². The second kappa shape index (κ2) is 6.66. The first kappa shape index (κ1) is 17.8. The number of carbonyl (C=O) groups is 1. The smallest absolute Gasteiger partial charge is 0.230 e. The van der Waals surface area contributed by atoms with Crippen molar-refractivity contribution in [2.75, 3.05) is 10.6 Å². The van der Waals surface area contributed by atoms with Gasteiger partial charge in [0.15, 0.2) is 0 Å². The van der Waals surface area contributed by atoms with Gasteiger partial charge in [-0.15, -0.1) is 0 Å². The van der Waals surface area contributed by atoms with E-state index in [1.54, 1.807) is 6.20 Å². The van der Waals surface area contributed by atoms with Crippen molar-refractivity contribution < 1.29 is 4.79 Å². The number of carbonyl (C=O) groups excluding carboxylic acids is 1. The zero-order valence-corrected chi connectivity index (χ0v) is 16.5. The van der Waals surface area contributed by atoms with Crippen molar-refractivity contribution in [1.29, 1.82) is 0 Å². The highest BCUT2D eigenvalue weighted by molar-refractivity contribution is 6.30. The van der Waals surface area contributed by atoms with Crippen molar-refractivity contribution in [1.82, 2.24) is 10.3 Å². The van der Waals surface area contributed by atoms with Gasteiger partial charge in [-0.25, -0.2) is 4.98 Å². The number of amides is 1. The van der Waals surface area contributed by atoms with Gasteiger partial charge in [0.25, 0.3) is 0 Å². The Morgan fingerprint density at radius 2 is 1.79 bits per heavy atom. The minimum absolute atomic E-state index is 0.179. The van der Waals surface area contributed by atoms with E-state index in [0.717, 1.165) is 49.9 Å². The largest absolute Gasteiger partial charge is 0.397 e. The van der Waals surface area contributed by atoms with E-state index in [2.05, 4.69) is 15.2 Å². The molecule has 6 heteroatoms. The highest BCUT2D eigenvalue weighted by Gasteiger charge is 2.52. The Labute approximate surface area is 170 Å². The number of aromatic nitrogens is 1. The molecule has 3 aliphatic rings. The number of rotatable bonds is 4. The van der Waals surface area contributed by atoms with Crippen LogP contribution >= 0.6 is 11.6 Å². The van der Waals surface area contributed by atoms with E-state index in [-0.39, 0.29) is 17.4 Å². The van der Waals surface area contributed by atoms with Gasteiger partial charge in [0, 0.05) is 23.1 Å². The van der Waals surface area contributed by atoms with Gasteiger partial charge in [-0.1, -0.05) is 23.7 Å². The maximum Gasteiger partial charge on any atom is 0.230 e. The van der Waals surface area contributed by atoms with E-state index in [9.17, 15) is 4.79 Å². The number of nitrogens with zero attached hydrogens (tertiary/aromatic N) is 2. The molecule has 1 amide bonds. The Balaban J connectivity index is 1.27. The van der Waals surface area contributed by atoms with Crippen LogP contribution in [0.5, 0.6) is 0 Å². The van der Waals surface area contributed by atoms with E-state index in [4.69, 9.17) is 17.3 Å². The Kier molecular flexibility index (Phi) is 4.23. The highest BCUT2D eigenvalue weighted by Crippen LogP contribution is 2.49. The highest BCUT2D eigenvalue weighted by atomic mass is 35.5. The number of piperidine rings is 1. The fourth-order valence-corrected chi connectivity index (χ4v) is 5.21.